The molecule has 3 aromatic rings. The third-order valence-corrected chi connectivity index (χ3v) is 3.41. The fourth-order valence-electron chi connectivity index (χ4n) is 2.06. The Morgan fingerprint density at radius 1 is 1.25 bits per heavy atom. The van der Waals surface area contributed by atoms with Crippen LogP contribution in [-0.2, 0) is 6.54 Å². The molecule has 0 aliphatic rings. The van der Waals surface area contributed by atoms with E-state index in [2.05, 4.69) is 4.98 Å². The summed E-state index contributed by atoms with van der Waals surface area (Å²) in [4.78, 5) is 16.3. The summed E-state index contributed by atoms with van der Waals surface area (Å²) in [6.07, 6.45) is 5.01. The highest BCUT2D eigenvalue weighted by Gasteiger charge is 2.08. The summed E-state index contributed by atoms with van der Waals surface area (Å²) in [5.74, 6) is 0.787. The SMILES string of the molecule is COc1ccc(Cn2ccn3cnc(Cl)c3c2=O)cc1. The number of aromatic nitrogens is 3. The molecule has 0 fully saturated rings. The van der Waals surface area contributed by atoms with Gasteiger partial charge in [-0.1, -0.05) is 23.7 Å². The lowest BCUT2D eigenvalue weighted by Crippen LogP contribution is -2.21. The van der Waals surface area contributed by atoms with Gasteiger partial charge >= 0.3 is 0 Å². The second kappa shape index (κ2) is 5.02. The second-order valence-electron chi connectivity index (χ2n) is 4.37. The Morgan fingerprint density at radius 3 is 2.70 bits per heavy atom. The van der Waals surface area contributed by atoms with Gasteiger partial charge in [-0.25, -0.2) is 4.98 Å². The van der Waals surface area contributed by atoms with Crippen LogP contribution in [0.4, 0.5) is 0 Å². The van der Waals surface area contributed by atoms with Crippen molar-refractivity contribution in [3.8, 4) is 5.75 Å². The van der Waals surface area contributed by atoms with E-state index >= 15 is 0 Å². The summed E-state index contributed by atoms with van der Waals surface area (Å²) < 4.78 is 8.33. The van der Waals surface area contributed by atoms with Gasteiger partial charge in [-0.05, 0) is 17.7 Å². The van der Waals surface area contributed by atoms with E-state index in [1.165, 1.54) is 6.33 Å². The number of hydrogen-bond acceptors (Lipinski definition) is 3. The Hall–Kier alpha value is -2.27. The minimum atomic E-state index is -0.161. The van der Waals surface area contributed by atoms with Crippen LogP contribution >= 0.6 is 11.6 Å². The summed E-state index contributed by atoms with van der Waals surface area (Å²) in [7, 11) is 1.62. The molecule has 0 saturated carbocycles. The molecule has 2 aromatic heterocycles. The number of fused-ring (bicyclic) bond motifs is 1. The third kappa shape index (κ3) is 2.16. The molecule has 6 heteroatoms. The van der Waals surface area contributed by atoms with E-state index in [4.69, 9.17) is 16.3 Å². The van der Waals surface area contributed by atoms with Crippen molar-refractivity contribution in [3.63, 3.8) is 0 Å². The van der Waals surface area contributed by atoms with Crippen LogP contribution in [0.1, 0.15) is 5.56 Å². The van der Waals surface area contributed by atoms with Gasteiger partial charge in [0.25, 0.3) is 5.56 Å². The van der Waals surface area contributed by atoms with Crippen molar-refractivity contribution in [3.05, 3.63) is 64.1 Å². The molecule has 0 atom stereocenters. The first-order valence-corrected chi connectivity index (χ1v) is 6.41. The maximum absolute atomic E-state index is 12.3. The molecule has 0 aliphatic heterocycles. The first-order chi connectivity index (χ1) is 9.69. The molecule has 0 aliphatic carbocycles. The average molecular weight is 290 g/mol. The summed E-state index contributed by atoms with van der Waals surface area (Å²) in [6, 6.07) is 7.58. The number of imidazole rings is 1. The van der Waals surface area contributed by atoms with Gasteiger partial charge in [-0.3, -0.25) is 9.20 Å². The molecule has 0 bridgehead atoms. The van der Waals surface area contributed by atoms with E-state index in [9.17, 15) is 4.79 Å². The Kier molecular flexibility index (Phi) is 3.20. The zero-order chi connectivity index (χ0) is 14.1. The topological polar surface area (TPSA) is 48.5 Å². The highest BCUT2D eigenvalue weighted by molar-refractivity contribution is 6.32. The van der Waals surface area contributed by atoms with Gasteiger partial charge in [-0.15, -0.1) is 0 Å². The van der Waals surface area contributed by atoms with Crippen LogP contribution in [0.25, 0.3) is 5.52 Å². The van der Waals surface area contributed by atoms with E-state index in [1.54, 1.807) is 28.5 Å². The summed E-state index contributed by atoms with van der Waals surface area (Å²) >= 11 is 5.93. The van der Waals surface area contributed by atoms with Crippen molar-refractivity contribution >= 4 is 17.1 Å². The van der Waals surface area contributed by atoms with E-state index < -0.39 is 0 Å². The number of ether oxygens (including phenoxy) is 1. The number of methoxy groups -OCH3 is 1. The molecule has 3 rings (SSSR count). The lowest BCUT2D eigenvalue weighted by atomic mass is 10.2. The van der Waals surface area contributed by atoms with Gasteiger partial charge in [0.15, 0.2) is 10.7 Å². The number of rotatable bonds is 3. The number of hydrogen-bond donors (Lipinski definition) is 0. The van der Waals surface area contributed by atoms with Crippen molar-refractivity contribution in [2.75, 3.05) is 7.11 Å². The normalized spacial score (nSPS) is 10.9. The molecule has 0 spiro atoms. The zero-order valence-electron chi connectivity index (χ0n) is 10.8. The number of benzene rings is 1. The van der Waals surface area contributed by atoms with E-state index in [-0.39, 0.29) is 10.7 Å². The Labute approximate surface area is 120 Å². The quantitative estimate of drug-likeness (QED) is 0.743. The number of nitrogens with zero attached hydrogens (tertiary/aromatic N) is 3. The zero-order valence-corrected chi connectivity index (χ0v) is 11.5. The predicted molar refractivity (Wildman–Crippen MR) is 76.6 cm³/mol. The van der Waals surface area contributed by atoms with E-state index in [0.29, 0.717) is 12.1 Å². The fourth-order valence-corrected chi connectivity index (χ4v) is 2.28. The van der Waals surface area contributed by atoms with Gasteiger partial charge in [0.1, 0.15) is 12.1 Å². The first-order valence-electron chi connectivity index (χ1n) is 6.03. The standard InChI is InChI=1S/C14H12ClN3O2/c1-20-11-4-2-10(3-5-11)8-17-6-7-18-9-16-13(15)12(18)14(17)19/h2-7,9H,8H2,1H3. The first kappa shape index (κ1) is 12.7. The van der Waals surface area contributed by atoms with Gasteiger partial charge < -0.3 is 9.30 Å². The van der Waals surface area contributed by atoms with Gasteiger partial charge in [-0.2, -0.15) is 0 Å². The highest BCUT2D eigenvalue weighted by atomic mass is 35.5. The molecule has 0 radical (unpaired) electrons. The van der Waals surface area contributed by atoms with Crippen LogP contribution in [0.2, 0.25) is 5.15 Å². The van der Waals surface area contributed by atoms with Crippen molar-refractivity contribution in [1.82, 2.24) is 14.0 Å². The molecular weight excluding hydrogens is 278 g/mol. The highest BCUT2D eigenvalue weighted by Crippen LogP contribution is 2.13. The van der Waals surface area contributed by atoms with Crippen LogP contribution < -0.4 is 10.3 Å². The average Bonchev–Trinajstić information content (AvgIpc) is 2.85. The maximum Gasteiger partial charge on any atom is 0.278 e. The van der Waals surface area contributed by atoms with Crippen LogP contribution in [0.15, 0.2) is 47.8 Å². The molecule has 2 heterocycles. The lowest BCUT2D eigenvalue weighted by molar-refractivity contribution is 0.414. The van der Waals surface area contributed by atoms with E-state index in [0.717, 1.165) is 11.3 Å². The minimum absolute atomic E-state index is 0.161. The third-order valence-electron chi connectivity index (χ3n) is 3.13. The molecule has 5 nitrogen and oxygen atoms in total. The summed E-state index contributed by atoms with van der Waals surface area (Å²) in [5.41, 5.74) is 1.24. The lowest BCUT2D eigenvalue weighted by Gasteiger charge is -2.07. The molecule has 1 aromatic carbocycles. The largest absolute Gasteiger partial charge is 0.497 e. The molecule has 20 heavy (non-hydrogen) atoms. The molecule has 0 N–H and O–H groups in total. The van der Waals surface area contributed by atoms with Gasteiger partial charge in [0.05, 0.1) is 13.7 Å². The van der Waals surface area contributed by atoms with Crippen molar-refractivity contribution in [2.45, 2.75) is 6.54 Å². The number of halogens is 1. The molecule has 0 unspecified atom stereocenters. The molecule has 0 amide bonds. The van der Waals surface area contributed by atoms with Crippen LogP contribution in [0, 0.1) is 0 Å². The fraction of sp³-hybridized carbons (Fsp3) is 0.143. The molecule has 0 saturated heterocycles. The molecular formula is C14H12ClN3O2. The van der Waals surface area contributed by atoms with Gasteiger partial charge in [0, 0.05) is 12.4 Å². The Bertz CT molecular complexity index is 805. The second-order valence-corrected chi connectivity index (χ2v) is 4.73. The maximum atomic E-state index is 12.3. The Balaban J connectivity index is 1.99. The monoisotopic (exact) mass is 289 g/mol. The minimum Gasteiger partial charge on any atom is -0.497 e. The summed E-state index contributed by atoms with van der Waals surface area (Å²) in [5, 5.41) is 0.221. The Morgan fingerprint density at radius 2 is 2.00 bits per heavy atom. The smallest absolute Gasteiger partial charge is 0.278 e. The summed E-state index contributed by atoms with van der Waals surface area (Å²) in [6.45, 7) is 0.473. The van der Waals surface area contributed by atoms with Crippen LogP contribution in [-0.4, -0.2) is 21.1 Å². The van der Waals surface area contributed by atoms with E-state index in [1.807, 2.05) is 24.3 Å². The molecule has 102 valence electrons. The van der Waals surface area contributed by atoms with Gasteiger partial charge in [0.2, 0.25) is 0 Å². The van der Waals surface area contributed by atoms with Crippen LogP contribution in [0.3, 0.4) is 0 Å². The van der Waals surface area contributed by atoms with Crippen molar-refractivity contribution in [1.29, 1.82) is 0 Å². The van der Waals surface area contributed by atoms with Crippen LogP contribution in [0.5, 0.6) is 5.75 Å². The predicted octanol–water partition coefficient (Wildman–Crippen LogP) is 2.21. The van der Waals surface area contributed by atoms with Crippen molar-refractivity contribution in [2.24, 2.45) is 0 Å². The van der Waals surface area contributed by atoms with Crippen molar-refractivity contribution < 1.29 is 4.74 Å².